The molecule has 0 spiro atoms. The summed E-state index contributed by atoms with van der Waals surface area (Å²) in [4.78, 5) is 1.19. The smallest absolute Gasteiger partial charge is 0.0931 e. The summed E-state index contributed by atoms with van der Waals surface area (Å²) in [5.74, 6) is 0. The van der Waals surface area contributed by atoms with E-state index in [1.54, 1.807) is 17.4 Å². The van der Waals surface area contributed by atoms with Crippen molar-refractivity contribution < 1.29 is 0 Å². The Hall–Kier alpha value is -0.250. The predicted octanol–water partition coefficient (Wildman–Crippen LogP) is 4.82. The highest BCUT2D eigenvalue weighted by atomic mass is 35.5. The molecule has 1 nitrogen and oxygen atoms in total. The number of thiophene rings is 1. The molecule has 0 saturated heterocycles. The van der Waals surface area contributed by atoms with Gasteiger partial charge in [-0.15, -0.1) is 11.3 Å². The molecule has 5 heteroatoms. The fourth-order valence-electron chi connectivity index (χ4n) is 1.76. The fourth-order valence-corrected chi connectivity index (χ4v) is 3.43. The highest BCUT2D eigenvalue weighted by Crippen LogP contribution is 2.25. The molecule has 0 saturated carbocycles. The molecule has 2 rings (SSSR count). The number of rotatable bonds is 4. The zero-order valence-corrected chi connectivity index (χ0v) is 12.6. The average Bonchev–Trinajstić information content (AvgIpc) is 2.68. The topological polar surface area (TPSA) is 26.0 Å². The van der Waals surface area contributed by atoms with E-state index >= 15 is 0 Å². The second-order valence-corrected chi connectivity index (χ2v) is 6.75. The van der Waals surface area contributed by atoms with E-state index in [-0.39, 0.29) is 6.04 Å². The molecule has 96 valence electrons. The van der Waals surface area contributed by atoms with Gasteiger partial charge in [-0.3, -0.25) is 0 Å². The molecule has 2 aromatic rings. The standard InChI is InChI=1S/C13H12Cl3NS/c14-9-2-1-8(12(15)6-9)5-10(17)7-11-3-4-13(16)18-11/h1-4,6,10H,5,7,17H2. The second-order valence-electron chi connectivity index (χ2n) is 4.11. The van der Waals surface area contributed by atoms with Crippen molar-refractivity contribution in [3.63, 3.8) is 0 Å². The van der Waals surface area contributed by atoms with Crippen molar-refractivity contribution in [1.29, 1.82) is 0 Å². The molecule has 0 bridgehead atoms. The Balaban J connectivity index is 2.00. The van der Waals surface area contributed by atoms with Gasteiger partial charge < -0.3 is 5.73 Å². The maximum Gasteiger partial charge on any atom is 0.0931 e. The van der Waals surface area contributed by atoms with Crippen molar-refractivity contribution in [3.05, 3.63) is 55.2 Å². The number of hydrogen-bond donors (Lipinski definition) is 1. The lowest BCUT2D eigenvalue weighted by atomic mass is 10.0. The Labute approximate surface area is 125 Å². The quantitative estimate of drug-likeness (QED) is 0.858. The van der Waals surface area contributed by atoms with E-state index in [0.29, 0.717) is 10.0 Å². The molecule has 1 heterocycles. The van der Waals surface area contributed by atoms with Crippen LogP contribution in [0.1, 0.15) is 10.4 Å². The molecule has 18 heavy (non-hydrogen) atoms. The van der Waals surface area contributed by atoms with Crippen molar-refractivity contribution >= 4 is 46.1 Å². The van der Waals surface area contributed by atoms with E-state index in [2.05, 4.69) is 0 Å². The minimum Gasteiger partial charge on any atom is -0.327 e. The van der Waals surface area contributed by atoms with Crippen LogP contribution in [0.15, 0.2) is 30.3 Å². The van der Waals surface area contributed by atoms with E-state index in [1.807, 2.05) is 24.3 Å². The van der Waals surface area contributed by atoms with Crippen molar-refractivity contribution in [2.75, 3.05) is 0 Å². The summed E-state index contributed by atoms with van der Waals surface area (Å²) in [6, 6.07) is 9.43. The predicted molar refractivity (Wildman–Crippen MR) is 81.2 cm³/mol. The normalized spacial score (nSPS) is 12.7. The Morgan fingerprint density at radius 1 is 1.06 bits per heavy atom. The molecule has 0 radical (unpaired) electrons. The van der Waals surface area contributed by atoms with Gasteiger partial charge >= 0.3 is 0 Å². The van der Waals surface area contributed by atoms with E-state index in [0.717, 1.165) is 22.7 Å². The van der Waals surface area contributed by atoms with Crippen LogP contribution in [0, 0.1) is 0 Å². The van der Waals surface area contributed by atoms with Crippen molar-refractivity contribution in [2.24, 2.45) is 5.73 Å². The Morgan fingerprint density at radius 3 is 2.44 bits per heavy atom. The van der Waals surface area contributed by atoms with Crippen LogP contribution in [0.4, 0.5) is 0 Å². The second kappa shape index (κ2) is 6.27. The van der Waals surface area contributed by atoms with Crippen LogP contribution >= 0.6 is 46.1 Å². The number of halogens is 3. The Morgan fingerprint density at radius 2 is 1.83 bits per heavy atom. The van der Waals surface area contributed by atoms with Crippen LogP contribution < -0.4 is 5.73 Å². The Kier molecular flexibility index (Phi) is 4.93. The largest absolute Gasteiger partial charge is 0.327 e. The summed E-state index contributed by atoms with van der Waals surface area (Å²) >= 11 is 19.4. The summed E-state index contributed by atoms with van der Waals surface area (Å²) in [6.45, 7) is 0. The van der Waals surface area contributed by atoms with Crippen molar-refractivity contribution in [1.82, 2.24) is 0 Å². The minimum absolute atomic E-state index is 0.0263. The molecule has 2 N–H and O–H groups in total. The maximum absolute atomic E-state index is 6.13. The highest BCUT2D eigenvalue weighted by molar-refractivity contribution is 7.16. The first-order valence-electron chi connectivity index (χ1n) is 5.48. The van der Waals surface area contributed by atoms with Gasteiger partial charge in [0.25, 0.3) is 0 Å². The van der Waals surface area contributed by atoms with Crippen molar-refractivity contribution in [3.8, 4) is 0 Å². The summed E-state index contributed by atoms with van der Waals surface area (Å²) in [5.41, 5.74) is 7.15. The number of nitrogens with two attached hydrogens (primary N) is 1. The van der Waals surface area contributed by atoms with Crippen LogP contribution in [-0.4, -0.2) is 6.04 Å². The maximum atomic E-state index is 6.13. The fraction of sp³-hybridized carbons (Fsp3) is 0.231. The SMILES string of the molecule is NC(Cc1ccc(Cl)s1)Cc1ccc(Cl)cc1Cl. The third-order valence-corrected chi connectivity index (χ3v) is 4.43. The molecule has 1 atom stereocenters. The molecule has 0 aliphatic carbocycles. The molecule has 0 aliphatic heterocycles. The molecule has 0 amide bonds. The van der Waals surface area contributed by atoms with Gasteiger partial charge in [-0.25, -0.2) is 0 Å². The van der Waals surface area contributed by atoms with Gasteiger partial charge in [0.15, 0.2) is 0 Å². The molecule has 0 fully saturated rings. The van der Waals surface area contributed by atoms with Gasteiger partial charge in [-0.05, 0) is 42.7 Å². The lowest BCUT2D eigenvalue weighted by Gasteiger charge is -2.12. The molecule has 1 aromatic carbocycles. The first-order valence-corrected chi connectivity index (χ1v) is 7.43. The van der Waals surface area contributed by atoms with Gasteiger partial charge in [0.2, 0.25) is 0 Å². The minimum atomic E-state index is 0.0263. The van der Waals surface area contributed by atoms with Gasteiger partial charge in [0.1, 0.15) is 0 Å². The molecule has 1 unspecified atom stereocenters. The van der Waals surface area contributed by atoms with E-state index in [1.165, 1.54) is 4.88 Å². The first kappa shape index (κ1) is 14.2. The molecule has 0 aliphatic rings. The summed E-state index contributed by atoms with van der Waals surface area (Å²) in [5, 5.41) is 1.31. The zero-order chi connectivity index (χ0) is 13.1. The summed E-state index contributed by atoms with van der Waals surface area (Å²) in [7, 11) is 0. The average molecular weight is 321 g/mol. The van der Waals surface area contributed by atoms with Crippen LogP contribution in [0.2, 0.25) is 14.4 Å². The summed E-state index contributed by atoms with van der Waals surface area (Å²) < 4.78 is 0.793. The third-order valence-electron chi connectivity index (χ3n) is 2.59. The lowest BCUT2D eigenvalue weighted by molar-refractivity contribution is 0.671. The van der Waals surface area contributed by atoms with Gasteiger partial charge in [0, 0.05) is 21.0 Å². The van der Waals surface area contributed by atoms with Crippen LogP contribution in [-0.2, 0) is 12.8 Å². The number of benzene rings is 1. The van der Waals surface area contributed by atoms with Crippen LogP contribution in [0.25, 0.3) is 0 Å². The molecular weight excluding hydrogens is 309 g/mol. The van der Waals surface area contributed by atoms with Gasteiger partial charge in [-0.1, -0.05) is 40.9 Å². The van der Waals surface area contributed by atoms with E-state index in [4.69, 9.17) is 40.5 Å². The lowest BCUT2D eigenvalue weighted by Crippen LogP contribution is -2.25. The molecule has 1 aromatic heterocycles. The van der Waals surface area contributed by atoms with Crippen LogP contribution in [0.3, 0.4) is 0 Å². The van der Waals surface area contributed by atoms with Crippen LogP contribution in [0.5, 0.6) is 0 Å². The Bertz CT molecular complexity index is 539. The summed E-state index contributed by atoms with van der Waals surface area (Å²) in [6.07, 6.45) is 1.53. The first-order chi connectivity index (χ1) is 8.54. The van der Waals surface area contributed by atoms with Crippen molar-refractivity contribution in [2.45, 2.75) is 18.9 Å². The van der Waals surface area contributed by atoms with Gasteiger partial charge in [-0.2, -0.15) is 0 Å². The zero-order valence-electron chi connectivity index (χ0n) is 9.50. The van der Waals surface area contributed by atoms with E-state index in [9.17, 15) is 0 Å². The third kappa shape index (κ3) is 3.87. The van der Waals surface area contributed by atoms with E-state index < -0.39 is 0 Å². The van der Waals surface area contributed by atoms with Gasteiger partial charge in [0.05, 0.1) is 4.34 Å². The number of hydrogen-bond acceptors (Lipinski definition) is 2. The molecular formula is C13H12Cl3NS. The monoisotopic (exact) mass is 319 g/mol. The highest BCUT2D eigenvalue weighted by Gasteiger charge is 2.10.